The highest BCUT2D eigenvalue weighted by Crippen LogP contribution is 2.41. The molecule has 3 N–H and O–H groups in total. The first-order valence-electron chi connectivity index (χ1n) is 10.2. The van der Waals surface area contributed by atoms with Gasteiger partial charge < -0.3 is 11.1 Å². The van der Waals surface area contributed by atoms with Crippen LogP contribution in [0.5, 0.6) is 0 Å². The average Bonchev–Trinajstić information content (AvgIpc) is 3.48. The number of fused-ring (bicyclic) bond motifs is 1. The zero-order valence-electron chi connectivity index (χ0n) is 17.8. The number of carbonyl (C=O) groups is 2. The molecule has 1 saturated carbocycles. The molecule has 7 heteroatoms. The molecule has 2 amide bonds. The van der Waals surface area contributed by atoms with E-state index in [0.717, 1.165) is 24.2 Å². The van der Waals surface area contributed by atoms with E-state index in [1.807, 2.05) is 35.9 Å². The van der Waals surface area contributed by atoms with Crippen molar-refractivity contribution in [1.29, 1.82) is 0 Å². The smallest absolute Gasteiger partial charge is 0.253 e. The van der Waals surface area contributed by atoms with E-state index in [0.29, 0.717) is 28.1 Å². The molecule has 0 aliphatic heterocycles. The van der Waals surface area contributed by atoms with E-state index >= 15 is 0 Å². The third-order valence-corrected chi connectivity index (χ3v) is 5.40. The number of rotatable bonds is 5. The molecule has 1 atom stereocenters. The highest BCUT2D eigenvalue weighted by atomic mass is 16.2. The number of benzene rings is 1. The predicted octanol–water partition coefficient (Wildman–Crippen LogP) is 3.33. The van der Waals surface area contributed by atoms with Gasteiger partial charge in [-0.1, -0.05) is 30.3 Å². The van der Waals surface area contributed by atoms with Gasteiger partial charge in [0.25, 0.3) is 5.91 Å². The van der Waals surface area contributed by atoms with Gasteiger partial charge in [-0.15, -0.1) is 0 Å². The number of hydrogen-bond acceptors (Lipinski definition) is 4. The number of amides is 2. The van der Waals surface area contributed by atoms with Crippen molar-refractivity contribution < 1.29 is 9.59 Å². The number of nitrogens with one attached hydrogen (secondary N) is 1. The summed E-state index contributed by atoms with van der Waals surface area (Å²) >= 11 is 0. The summed E-state index contributed by atoms with van der Waals surface area (Å²) in [6.07, 6.45) is 2.13. The summed E-state index contributed by atoms with van der Waals surface area (Å²) in [5, 5.41) is 8.22. The first-order valence-corrected chi connectivity index (χ1v) is 10.2. The fraction of sp³-hybridized carbons (Fsp3) is 0.391. The van der Waals surface area contributed by atoms with E-state index in [2.05, 4.69) is 31.2 Å². The molecule has 156 valence electrons. The molecule has 1 aliphatic rings. The zero-order chi connectivity index (χ0) is 21.6. The monoisotopic (exact) mass is 405 g/mol. The quantitative estimate of drug-likeness (QED) is 0.679. The molecule has 2 aromatic heterocycles. The van der Waals surface area contributed by atoms with Gasteiger partial charge in [0.05, 0.1) is 22.2 Å². The van der Waals surface area contributed by atoms with E-state index in [-0.39, 0.29) is 11.4 Å². The summed E-state index contributed by atoms with van der Waals surface area (Å²) in [5.74, 6) is -0.594. The van der Waals surface area contributed by atoms with Crippen LogP contribution in [0.15, 0.2) is 36.4 Å². The molecular weight excluding hydrogens is 378 g/mol. The van der Waals surface area contributed by atoms with Crippen molar-refractivity contribution in [3.05, 3.63) is 58.9 Å². The SMILES string of the molecule is Cc1nn(C(C)(C)C)c2nc(C3CC3)cc(C(=O)NC(C(N)=O)c3ccccc3)c12. The van der Waals surface area contributed by atoms with Gasteiger partial charge in [-0.25, -0.2) is 9.67 Å². The first-order chi connectivity index (χ1) is 14.2. The minimum atomic E-state index is -0.913. The molecule has 2 heterocycles. The molecule has 0 saturated heterocycles. The van der Waals surface area contributed by atoms with Crippen LogP contribution in [0.4, 0.5) is 0 Å². The first kappa shape index (κ1) is 20.1. The Morgan fingerprint density at radius 1 is 1.20 bits per heavy atom. The standard InChI is InChI=1S/C23H27N5O2/c1-13-18-16(22(30)26-19(20(24)29)15-8-6-5-7-9-15)12-17(14-10-11-14)25-21(18)28(27-13)23(2,3)4/h5-9,12,14,19H,10-11H2,1-4H3,(H2,24,29)(H,26,30). The number of pyridine rings is 1. The predicted molar refractivity (Wildman–Crippen MR) is 115 cm³/mol. The Kier molecular flexibility index (Phi) is 4.84. The molecule has 1 aliphatic carbocycles. The van der Waals surface area contributed by atoms with Gasteiger partial charge >= 0.3 is 0 Å². The van der Waals surface area contributed by atoms with Gasteiger partial charge in [0.1, 0.15) is 6.04 Å². The number of aromatic nitrogens is 3. The van der Waals surface area contributed by atoms with Crippen molar-refractivity contribution in [3.63, 3.8) is 0 Å². The largest absolute Gasteiger partial charge is 0.368 e. The van der Waals surface area contributed by atoms with Crippen molar-refractivity contribution in [1.82, 2.24) is 20.1 Å². The van der Waals surface area contributed by atoms with Crippen LogP contribution >= 0.6 is 0 Å². The lowest BCUT2D eigenvalue weighted by Crippen LogP contribution is -2.37. The topological polar surface area (TPSA) is 103 Å². The molecular formula is C23H27N5O2. The normalized spacial score (nSPS) is 15.2. The molecule has 3 aromatic rings. The highest BCUT2D eigenvalue weighted by Gasteiger charge is 2.31. The third-order valence-electron chi connectivity index (χ3n) is 5.40. The summed E-state index contributed by atoms with van der Waals surface area (Å²) in [6.45, 7) is 8.05. The van der Waals surface area contributed by atoms with Crippen LogP contribution in [-0.2, 0) is 10.3 Å². The van der Waals surface area contributed by atoms with Crippen LogP contribution in [0, 0.1) is 6.92 Å². The van der Waals surface area contributed by atoms with Crippen LogP contribution in [0.25, 0.3) is 11.0 Å². The molecule has 0 radical (unpaired) electrons. The summed E-state index contributed by atoms with van der Waals surface area (Å²) < 4.78 is 1.88. The van der Waals surface area contributed by atoms with E-state index in [1.165, 1.54) is 0 Å². The molecule has 4 rings (SSSR count). The van der Waals surface area contributed by atoms with Gasteiger partial charge in [-0.2, -0.15) is 5.10 Å². The molecule has 1 aromatic carbocycles. The number of primary amides is 1. The lowest BCUT2D eigenvalue weighted by Gasteiger charge is -2.20. The van der Waals surface area contributed by atoms with Crippen molar-refractivity contribution in [2.24, 2.45) is 5.73 Å². The molecule has 1 unspecified atom stereocenters. The van der Waals surface area contributed by atoms with Crippen molar-refractivity contribution in [3.8, 4) is 0 Å². The van der Waals surface area contributed by atoms with Gasteiger partial charge in [0, 0.05) is 11.6 Å². The maximum atomic E-state index is 13.4. The molecule has 30 heavy (non-hydrogen) atoms. The summed E-state index contributed by atoms with van der Waals surface area (Å²) in [4.78, 5) is 30.3. The minimum Gasteiger partial charge on any atom is -0.368 e. The Hall–Kier alpha value is -3.22. The van der Waals surface area contributed by atoms with Gasteiger partial charge in [-0.05, 0) is 52.2 Å². The van der Waals surface area contributed by atoms with Crippen LogP contribution in [0.3, 0.4) is 0 Å². The van der Waals surface area contributed by atoms with E-state index < -0.39 is 11.9 Å². The summed E-state index contributed by atoms with van der Waals surface area (Å²) in [7, 11) is 0. The lowest BCUT2D eigenvalue weighted by atomic mass is 10.0. The Morgan fingerprint density at radius 2 is 1.87 bits per heavy atom. The fourth-order valence-electron chi connectivity index (χ4n) is 3.72. The molecule has 0 spiro atoms. The maximum Gasteiger partial charge on any atom is 0.253 e. The summed E-state index contributed by atoms with van der Waals surface area (Å²) in [6, 6.07) is 9.95. The zero-order valence-corrected chi connectivity index (χ0v) is 17.8. The average molecular weight is 406 g/mol. The maximum absolute atomic E-state index is 13.4. The van der Waals surface area contributed by atoms with Crippen molar-refractivity contribution in [2.75, 3.05) is 0 Å². The van der Waals surface area contributed by atoms with Gasteiger partial charge in [0.15, 0.2) is 5.65 Å². The Balaban J connectivity index is 1.82. The molecule has 1 fully saturated rings. The summed E-state index contributed by atoms with van der Waals surface area (Å²) in [5.41, 5.74) is 8.78. The van der Waals surface area contributed by atoms with E-state index in [4.69, 9.17) is 10.7 Å². The third kappa shape index (κ3) is 3.67. The van der Waals surface area contributed by atoms with Crippen LogP contribution in [0.1, 0.15) is 72.9 Å². The minimum absolute atomic E-state index is 0.283. The van der Waals surface area contributed by atoms with E-state index in [1.54, 1.807) is 12.1 Å². The van der Waals surface area contributed by atoms with Gasteiger partial charge in [-0.3, -0.25) is 9.59 Å². The second-order valence-electron chi connectivity index (χ2n) is 8.96. The number of hydrogen-bond donors (Lipinski definition) is 2. The van der Waals surface area contributed by atoms with Gasteiger partial charge in [0.2, 0.25) is 5.91 Å². The second-order valence-corrected chi connectivity index (χ2v) is 8.96. The van der Waals surface area contributed by atoms with Crippen molar-refractivity contribution in [2.45, 2.75) is 58.0 Å². The Labute approximate surface area is 175 Å². The second kappa shape index (κ2) is 7.23. The Morgan fingerprint density at radius 3 is 2.43 bits per heavy atom. The molecule has 0 bridgehead atoms. The van der Waals surface area contributed by atoms with Crippen LogP contribution in [0.2, 0.25) is 0 Å². The fourth-order valence-corrected chi connectivity index (χ4v) is 3.72. The van der Waals surface area contributed by atoms with Crippen LogP contribution < -0.4 is 11.1 Å². The highest BCUT2D eigenvalue weighted by molar-refractivity contribution is 6.08. The van der Waals surface area contributed by atoms with E-state index in [9.17, 15) is 9.59 Å². The number of nitrogens with two attached hydrogens (primary N) is 1. The van der Waals surface area contributed by atoms with Crippen molar-refractivity contribution >= 4 is 22.8 Å². The number of aryl methyl sites for hydroxylation is 1. The Bertz CT molecular complexity index is 1120. The molecule has 7 nitrogen and oxygen atoms in total. The number of carbonyl (C=O) groups excluding carboxylic acids is 2. The van der Waals surface area contributed by atoms with Crippen LogP contribution in [-0.4, -0.2) is 26.6 Å². The number of nitrogens with zero attached hydrogens (tertiary/aromatic N) is 3. The lowest BCUT2D eigenvalue weighted by molar-refractivity contribution is -0.120.